The number of methoxy groups -OCH3 is 1. The molecular weight excluding hydrogens is 314 g/mol. The highest BCUT2D eigenvalue weighted by Gasteiger charge is 2.36. The molecule has 3 aromatic rings. The van der Waals surface area contributed by atoms with Crippen molar-refractivity contribution in [3.8, 4) is 17.1 Å². The van der Waals surface area contributed by atoms with Gasteiger partial charge in [0.2, 0.25) is 5.91 Å². The lowest BCUT2D eigenvalue weighted by Gasteiger charge is -2.37. The van der Waals surface area contributed by atoms with Crippen LogP contribution < -0.4 is 9.64 Å². The van der Waals surface area contributed by atoms with Crippen LogP contribution in [0.25, 0.3) is 22.4 Å². The van der Waals surface area contributed by atoms with Gasteiger partial charge >= 0.3 is 0 Å². The van der Waals surface area contributed by atoms with Crippen molar-refractivity contribution < 1.29 is 9.53 Å². The highest BCUT2D eigenvalue weighted by atomic mass is 16.5. The van der Waals surface area contributed by atoms with E-state index >= 15 is 0 Å². The van der Waals surface area contributed by atoms with Crippen LogP contribution in [0.5, 0.6) is 5.75 Å². The van der Waals surface area contributed by atoms with E-state index in [4.69, 9.17) is 9.72 Å². The van der Waals surface area contributed by atoms with Crippen LogP contribution in [0.1, 0.15) is 25.8 Å². The summed E-state index contributed by atoms with van der Waals surface area (Å²) in [7, 11) is 3.48. The van der Waals surface area contributed by atoms with E-state index in [9.17, 15) is 4.79 Å². The number of imidazole rings is 1. The highest BCUT2D eigenvalue weighted by molar-refractivity contribution is 6.02. The number of H-pyrrole nitrogens is 1. The number of aromatic amines is 1. The number of amides is 1. The van der Waals surface area contributed by atoms with Crippen molar-refractivity contribution in [2.24, 2.45) is 0 Å². The van der Waals surface area contributed by atoms with Gasteiger partial charge in [0.15, 0.2) is 0 Å². The molecule has 5 heteroatoms. The van der Waals surface area contributed by atoms with Crippen molar-refractivity contribution in [3.05, 3.63) is 42.0 Å². The lowest BCUT2D eigenvalue weighted by molar-refractivity contribution is -0.119. The number of rotatable bonds is 2. The molecule has 0 atom stereocenters. The van der Waals surface area contributed by atoms with Gasteiger partial charge in [0, 0.05) is 24.4 Å². The first-order chi connectivity index (χ1) is 11.9. The van der Waals surface area contributed by atoms with E-state index in [1.165, 1.54) is 5.56 Å². The summed E-state index contributed by atoms with van der Waals surface area (Å²) in [6.45, 7) is 4.23. The Morgan fingerprint density at radius 1 is 1.20 bits per heavy atom. The molecule has 0 unspecified atom stereocenters. The zero-order valence-electron chi connectivity index (χ0n) is 14.9. The molecule has 1 amide bonds. The largest absolute Gasteiger partial charge is 0.494 e. The van der Waals surface area contributed by atoms with Gasteiger partial charge in [0.1, 0.15) is 17.1 Å². The molecule has 0 spiro atoms. The second-order valence-corrected chi connectivity index (χ2v) is 7.16. The summed E-state index contributed by atoms with van der Waals surface area (Å²) in [4.78, 5) is 22.4. The Morgan fingerprint density at radius 3 is 2.72 bits per heavy atom. The summed E-state index contributed by atoms with van der Waals surface area (Å²) in [5.74, 6) is 1.60. The topological polar surface area (TPSA) is 58.2 Å². The van der Waals surface area contributed by atoms with Crippen LogP contribution in [0.2, 0.25) is 0 Å². The van der Waals surface area contributed by atoms with Crippen molar-refractivity contribution in [3.63, 3.8) is 0 Å². The molecule has 0 fully saturated rings. The van der Waals surface area contributed by atoms with E-state index < -0.39 is 0 Å². The summed E-state index contributed by atoms with van der Waals surface area (Å²) in [6.07, 6.45) is 0.508. The maximum Gasteiger partial charge on any atom is 0.227 e. The monoisotopic (exact) mass is 335 g/mol. The molecule has 1 aliphatic heterocycles. The Bertz CT molecular complexity index is 988. The quantitative estimate of drug-likeness (QED) is 0.773. The van der Waals surface area contributed by atoms with Crippen LogP contribution in [0.3, 0.4) is 0 Å². The number of nitrogens with zero attached hydrogens (tertiary/aromatic N) is 2. The first-order valence-corrected chi connectivity index (χ1v) is 8.35. The van der Waals surface area contributed by atoms with Crippen LogP contribution in [0.15, 0.2) is 36.4 Å². The second-order valence-electron chi connectivity index (χ2n) is 7.16. The third-order valence-electron chi connectivity index (χ3n) is 5.02. The van der Waals surface area contributed by atoms with E-state index in [-0.39, 0.29) is 11.3 Å². The van der Waals surface area contributed by atoms with Gasteiger partial charge in [-0.2, -0.15) is 0 Å². The Hall–Kier alpha value is -2.82. The van der Waals surface area contributed by atoms with Crippen molar-refractivity contribution in [2.75, 3.05) is 19.1 Å². The molecule has 1 aliphatic rings. The van der Waals surface area contributed by atoms with Gasteiger partial charge in [0.05, 0.1) is 18.3 Å². The number of fused-ring (bicyclic) bond motifs is 2. The number of carbonyl (C=O) groups excluding carboxylic acids is 1. The minimum Gasteiger partial charge on any atom is -0.494 e. The predicted octanol–water partition coefficient (Wildman–Crippen LogP) is 3.88. The molecule has 0 aliphatic carbocycles. The second kappa shape index (κ2) is 5.34. The van der Waals surface area contributed by atoms with Crippen molar-refractivity contribution >= 4 is 22.6 Å². The van der Waals surface area contributed by atoms with Gasteiger partial charge in [-0.1, -0.05) is 32.0 Å². The minimum absolute atomic E-state index is 0.124. The average Bonchev–Trinajstić information content (AvgIpc) is 3.03. The fourth-order valence-electron chi connectivity index (χ4n) is 3.66. The molecule has 4 rings (SSSR count). The Labute approximate surface area is 146 Å². The lowest BCUT2D eigenvalue weighted by atomic mass is 9.76. The Kier molecular flexibility index (Phi) is 3.35. The van der Waals surface area contributed by atoms with Crippen LogP contribution in [0.4, 0.5) is 5.69 Å². The number of aromatic nitrogens is 2. The number of hydrogen-bond acceptors (Lipinski definition) is 3. The average molecular weight is 335 g/mol. The highest BCUT2D eigenvalue weighted by Crippen LogP contribution is 2.44. The molecule has 128 valence electrons. The lowest BCUT2D eigenvalue weighted by Crippen LogP contribution is -2.39. The summed E-state index contributed by atoms with van der Waals surface area (Å²) >= 11 is 0. The third kappa shape index (κ3) is 2.30. The van der Waals surface area contributed by atoms with E-state index in [1.54, 1.807) is 12.0 Å². The minimum atomic E-state index is -0.196. The Morgan fingerprint density at radius 2 is 1.96 bits per heavy atom. The molecule has 1 N–H and O–H groups in total. The van der Waals surface area contributed by atoms with Crippen molar-refractivity contribution in [1.82, 2.24) is 9.97 Å². The third-order valence-corrected chi connectivity index (χ3v) is 5.02. The molecule has 0 radical (unpaired) electrons. The number of para-hydroxylation sites is 2. The van der Waals surface area contributed by atoms with Gasteiger partial charge in [0.25, 0.3) is 0 Å². The molecule has 5 nitrogen and oxygen atoms in total. The van der Waals surface area contributed by atoms with E-state index in [0.29, 0.717) is 6.42 Å². The van der Waals surface area contributed by atoms with Gasteiger partial charge in [-0.05, 0) is 23.8 Å². The van der Waals surface area contributed by atoms with Gasteiger partial charge < -0.3 is 14.6 Å². The molecular formula is C20H21N3O2. The molecule has 0 bridgehead atoms. The molecule has 0 saturated heterocycles. The van der Waals surface area contributed by atoms with Crippen molar-refractivity contribution in [1.29, 1.82) is 0 Å². The number of carbonyl (C=O) groups is 1. The molecule has 0 saturated carbocycles. The fraction of sp³-hybridized carbons (Fsp3) is 0.300. The summed E-state index contributed by atoms with van der Waals surface area (Å²) in [6, 6.07) is 11.9. The first kappa shape index (κ1) is 15.7. The summed E-state index contributed by atoms with van der Waals surface area (Å²) < 4.78 is 5.41. The normalized spacial score (nSPS) is 16.2. The number of nitrogens with one attached hydrogen (secondary N) is 1. The van der Waals surface area contributed by atoms with Gasteiger partial charge in [-0.15, -0.1) is 0 Å². The molecule has 2 heterocycles. The predicted molar refractivity (Wildman–Crippen MR) is 99.1 cm³/mol. The van der Waals surface area contributed by atoms with E-state index in [0.717, 1.165) is 33.9 Å². The first-order valence-electron chi connectivity index (χ1n) is 8.35. The number of ether oxygens (including phenoxy) is 1. The van der Waals surface area contributed by atoms with Crippen molar-refractivity contribution in [2.45, 2.75) is 25.7 Å². The smallest absolute Gasteiger partial charge is 0.227 e. The fourth-order valence-corrected chi connectivity index (χ4v) is 3.66. The molecule has 25 heavy (non-hydrogen) atoms. The number of anilines is 1. The maximum absolute atomic E-state index is 12.5. The summed E-state index contributed by atoms with van der Waals surface area (Å²) in [5, 5.41) is 0. The van der Waals surface area contributed by atoms with Crippen LogP contribution in [0, 0.1) is 0 Å². The summed E-state index contributed by atoms with van der Waals surface area (Å²) in [5.41, 5.74) is 4.54. The van der Waals surface area contributed by atoms with Crippen LogP contribution >= 0.6 is 0 Å². The zero-order chi connectivity index (χ0) is 17.8. The molecule has 2 aromatic carbocycles. The zero-order valence-corrected chi connectivity index (χ0v) is 14.9. The van der Waals surface area contributed by atoms with Crippen LogP contribution in [-0.2, 0) is 10.2 Å². The Balaban J connectivity index is 1.98. The van der Waals surface area contributed by atoms with Gasteiger partial charge in [-0.25, -0.2) is 4.98 Å². The van der Waals surface area contributed by atoms with Gasteiger partial charge in [-0.3, -0.25) is 4.79 Å². The standard InChI is InChI=1S/C20H21N3O2/c1-20(2)11-16(24)23(3)18-12(7-5-8-13(18)20)19-21-14-9-6-10-15(25-4)17(14)22-19/h5-10H,11H2,1-4H3,(H,21,22). The number of hydrogen-bond donors (Lipinski definition) is 1. The molecule has 1 aromatic heterocycles. The number of benzene rings is 2. The SMILES string of the molecule is COc1cccc2[nH]c(-c3cccc4c3N(C)C(=O)CC4(C)C)nc12. The van der Waals surface area contributed by atoms with E-state index in [2.05, 4.69) is 24.9 Å². The van der Waals surface area contributed by atoms with E-state index in [1.807, 2.05) is 37.4 Å². The maximum atomic E-state index is 12.5. The van der Waals surface area contributed by atoms with Crippen LogP contribution in [-0.4, -0.2) is 30.0 Å².